The Morgan fingerprint density at radius 1 is 1.00 bits per heavy atom. The van der Waals surface area contributed by atoms with Crippen molar-refractivity contribution in [2.24, 2.45) is 0 Å². The SMILES string of the molecule is CCCP(CCC)OCC. The van der Waals surface area contributed by atoms with Crippen LogP contribution in [0.2, 0.25) is 0 Å². The lowest BCUT2D eigenvalue weighted by atomic mass is 10.6. The van der Waals surface area contributed by atoms with E-state index in [-0.39, 0.29) is 8.15 Å². The molecule has 0 aromatic heterocycles. The first kappa shape index (κ1) is 10.4. The molecule has 0 aromatic rings. The molecular formula is C8H19OP. The Bertz CT molecular complexity index is 52.0. The first-order valence-electron chi connectivity index (χ1n) is 4.23. The maximum absolute atomic E-state index is 5.59. The largest absolute Gasteiger partial charge is 0.360 e. The summed E-state index contributed by atoms with van der Waals surface area (Å²) in [5.41, 5.74) is 0. The van der Waals surface area contributed by atoms with Crippen LogP contribution < -0.4 is 0 Å². The van der Waals surface area contributed by atoms with Crippen LogP contribution in [0.3, 0.4) is 0 Å². The van der Waals surface area contributed by atoms with Crippen LogP contribution in [0.1, 0.15) is 33.6 Å². The summed E-state index contributed by atoms with van der Waals surface area (Å²) in [6.45, 7) is 7.43. The lowest BCUT2D eigenvalue weighted by molar-refractivity contribution is 0.377. The van der Waals surface area contributed by atoms with Crippen molar-refractivity contribution in [1.82, 2.24) is 0 Å². The van der Waals surface area contributed by atoms with Crippen molar-refractivity contribution in [3.05, 3.63) is 0 Å². The molecule has 1 nitrogen and oxygen atoms in total. The van der Waals surface area contributed by atoms with Gasteiger partial charge in [-0.3, -0.25) is 0 Å². The van der Waals surface area contributed by atoms with E-state index in [1.165, 1.54) is 25.2 Å². The first-order chi connectivity index (χ1) is 4.85. The minimum atomic E-state index is -0.0610. The molecule has 0 amide bonds. The standard InChI is InChI=1S/C8H19OP/c1-4-7-10(8-5-2)9-6-3/h4-8H2,1-3H3. The van der Waals surface area contributed by atoms with Crippen LogP contribution in [-0.4, -0.2) is 18.9 Å². The summed E-state index contributed by atoms with van der Waals surface area (Å²) < 4.78 is 5.59. The van der Waals surface area contributed by atoms with Gasteiger partial charge in [-0.05, 0) is 19.2 Å². The number of hydrogen-bond donors (Lipinski definition) is 0. The van der Waals surface area contributed by atoms with Crippen molar-refractivity contribution < 1.29 is 4.52 Å². The molecule has 0 bridgehead atoms. The molecule has 0 saturated carbocycles. The van der Waals surface area contributed by atoms with Gasteiger partial charge in [0.05, 0.1) is 0 Å². The van der Waals surface area contributed by atoms with Crippen LogP contribution in [0.15, 0.2) is 0 Å². The average molecular weight is 162 g/mol. The minimum Gasteiger partial charge on any atom is -0.360 e. The third-order valence-electron chi connectivity index (χ3n) is 1.26. The summed E-state index contributed by atoms with van der Waals surface area (Å²) in [7, 11) is -0.0610. The Hall–Kier alpha value is 0.390. The van der Waals surface area contributed by atoms with Crippen LogP contribution in [0.25, 0.3) is 0 Å². The fraction of sp³-hybridized carbons (Fsp3) is 1.00. The normalized spacial score (nSPS) is 10.8. The second kappa shape index (κ2) is 7.50. The van der Waals surface area contributed by atoms with Crippen molar-refractivity contribution >= 4 is 8.15 Å². The summed E-state index contributed by atoms with van der Waals surface area (Å²) >= 11 is 0. The second-order valence-electron chi connectivity index (χ2n) is 2.35. The highest BCUT2D eigenvalue weighted by atomic mass is 31.1. The molecule has 0 fully saturated rings. The molecule has 0 aromatic carbocycles. The molecule has 0 N–H and O–H groups in total. The summed E-state index contributed by atoms with van der Waals surface area (Å²) in [6.07, 6.45) is 5.12. The van der Waals surface area contributed by atoms with Crippen LogP contribution in [-0.2, 0) is 4.52 Å². The Morgan fingerprint density at radius 2 is 1.50 bits per heavy atom. The molecule has 0 aliphatic heterocycles. The predicted molar refractivity (Wildman–Crippen MR) is 48.9 cm³/mol. The van der Waals surface area contributed by atoms with E-state index in [1.54, 1.807) is 0 Å². The average Bonchev–Trinajstić information content (AvgIpc) is 1.90. The van der Waals surface area contributed by atoms with Gasteiger partial charge in [-0.15, -0.1) is 0 Å². The van der Waals surface area contributed by atoms with E-state index in [0.29, 0.717) is 0 Å². The highest BCUT2D eigenvalue weighted by Crippen LogP contribution is 2.37. The van der Waals surface area contributed by atoms with Crippen molar-refractivity contribution in [3.63, 3.8) is 0 Å². The molecule has 0 heterocycles. The van der Waals surface area contributed by atoms with Gasteiger partial charge in [0.25, 0.3) is 0 Å². The Labute approximate surface area is 66.0 Å². The number of rotatable bonds is 6. The van der Waals surface area contributed by atoms with E-state index in [4.69, 9.17) is 4.52 Å². The molecular weight excluding hydrogens is 143 g/mol. The van der Waals surface area contributed by atoms with Gasteiger partial charge >= 0.3 is 0 Å². The molecule has 62 valence electrons. The zero-order chi connectivity index (χ0) is 7.82. The molecule has 0 atom stereocenters. The Balaban J connectivity index is 3.30. The van der Waals surface area contributed by atoms with E-state index in [1.807, 2.05) is 0 Å². The zero-order valence-corrected chi connectivity index (χ0v) is 8.29. The molecule has 0 aliphatic rings. The van der Waals surface area contributed by atoms with E-state index >= 15 is 0 Å². The molecule has 0 saturated heterocycles. The summed E-state index contributed by atoms with van der Waals surface area (Å²) in [5, 5.41) is 0. The smallest absolute Gasteiger partial charge is 0.0480 e. The van der Waals surface area contributed by atoms with E-state index in [2.05, 4.69) is 20.8 Å². The zero-order valence-electron chi connectivity index (χ0n) is 7.39. The molecule has 0 unspecified atom stereocenters. The van der Waals surface area contributed by atoms with Gasteiger partial charge in [0.1, 0.15) is 0 Å². The van der Waals surface area contributed by atoms with Crippen LogP contribution in [0.4, 0.5) is 0 Å². The first-order valence-corrected chi connectivity index (χ1v) is 5.86. The topological polar surface area (TPSA) is 9.23 Å². The Kier molecular flexibility index (Phi) is 7.79. The van der Waals surface area contributed by atoms with Gasteiger partial charge in [0, 0.05) is 14.8 Å². The maximum Gasteiger partial charge on any atom is 0.0480 e. The fourth-order valence-electron chi connectivity index (χ4n) is 0.922. The van der Waals surface area contributed by atoms with Crippen molar-refractivity contribution in [3.8, 4) is 0 Å². The van der Waals surface area contributed by atoms with Crippen molar-refractivity contribution in [2.45, 2.75) is 33.6 Å². The molecule has 0 radical (unpaired) electrons. The Morgan fingerprint density at radius 3 is 1.80 bits per heavy atom. The predicted octanol–water partition coefficient (Wildman–Crippen LogP) is 3.24. The lowest BCUT2D eigenvalue weighted by Crippen LogP contribution is -1.92. The van der Waals surface area contributed by atoms with Gasteiger partial charge in [-0.2, -0.15) is 0 Å². The molecule has 0 aliphatic carbocycles. The lowest BCUT2D eigenvalue weighted by Gasteiger charge is -2.14. The highest BCUT2D eigenvalue weighted by Gasteiger charge is 2.03. The number of hydrogen-bond acceptors (Lipinski definition) is 1. The molecule has 0 rings (SSSR count). The maximum atomic E-state index is 5.59. The molecule has 0 spiro atoms. The second-order valence-corrected chi connectivity index (χ2v) is 4.46. The fourth-order valence-corrected chi connectivity index (χ4v) is 2.77. The minimum absolute atomic E-state index is 0.0610. The van der Waals surface area contributed by atoms with Crippen molar-refractivity contribution in [2.75, 3.05) is 18.9 Å². The van der Waals surface area contributed by atoms with Crippen LogP contribution >= 0.6 is 8.15 Å². The molecule has 2 heteroatoms. The van der Waals surface area contributed by atoms with Gasteiger partial charge in [-0.1, -0.05) is 26.7 Å². The third-order valence-corrected chi connectivity index (χ3v) is 3.77. The van der Waals surface area contributed by atoms with E-state index in [0.717, 1.165) is 6.61 Å². The van der Waals surface area contributed by atoms with E-state index < -0.39 is 0 Å². The van der Waals surface area contributed by atoms with Gasteiger partial charge in [0.15, 0.2) is 0 Å². The van der Waals surface area contributed by atoms with Gasteiger partial charge < -0.3 is 4.52 Å². The van der Waals surface area contributed by atoms with E-state index in [9.17, 15) is 0 Å². The monoisotopic (exact) mass is 162 g/mol. The van der Waals surface area contributed by atoms with Crippen LogP contribution in [0.5, 0.6) is 0 Å². The van der Waals surface area contributed by atoms with Crippen molar-refractivity contribution in [1.29, 1.82) is 0 Å². The highest BCUT2D eigenvalue weighted by molar-refractivity contribution is 7.52. The van der Waals surface area contributed by atoms with Gasteiger partial charge in [0.2, 0.25) is 0 Å². The summed E-state index contributed by atoms with van der Waals surface area (Å²) in [5.74, 6) is 0. The third kappa shape index (κ3) is 5.20. The summed E-state index contributed by atoms with van der Waals surface area (Å²) in [6, 6.07) is 0. The summed E-state index contributed by atoms with van der Waals surface area (Å²) in [4.78, 5) is 0. The molecule has 10 heavy (non-hydrogen) atoms. The van der Waals surface area contributed by atoms with Crippen LogP contribution in [0, 0.1) is 0 Å². The quantitative estimate of drug-likeness (QED) is 0.545. The van der Waals surface area contributed by atoms with Gasteiger partial charge in [-0.25, -0.2) is 0 Å².